The Labute approximate surface area is 136 Å². The molecule has 0 amide bonds. The van der Waals surface area contributed by atoms with Gasteiger partial charge < -0.3 is 14.7 Å². The number of ether oxygens (including phenoxy) is 1. The monoisotopic (exact) mass is 313 g/mol. The van der Waals surface area contributed by atoms with Crippen LogP contribution in [0.25, 0.3) is 0 Å². The largest absolute Gasteiger partial charge is 0.390 e. The summed E-state index contributed by atoms with van der Waals surface area (Å²) in [5.41, 5.74) is 0. The molecule has 2 rings (SSSR count). The van der Waals surface area contributed by atoms with Gasteiger partial charge in [0, 0.05) is 52.4 Å². The zero-order chi connectivity index (χ0) is 15.9. The van der Waals surface area contributed by atoms with Gasteiger partial charge in [0.05, 0.1) is 12.7 Å². The van der Waals surface area contributed by atoms with E-state index in [1.165, 1.54) is 12.8 Å². The third-order valence-corrected chi connectivity index (χ3v) is 5.25. The zero-order valence-electron chi connectivity index (χ0n) is 14.7. The second-order valence-electron chi connectivity index (χ2n) is 7.27. The van der Waals surface area contributed by atoms with Crippen LogP contribution in [0.1, 0.15) is 26.7 Å². The number of piperazine rings is 1. The number of β-amino-alcohol motifs (C(OH)–C–C–N with tert-alkyl or cyclic N) is 1. The van der Waals surface area contributed by atoms with Crippen molar-refractivity contribution in [3.63, 3.8) is 0 Å². The Morgan fingerprint density at radius 3 is 2.36 bits per heavy atom. The molecule has 0 aromatic carbocycles. The lowest BCUT2D eigenvalue weighted by molar-refractivity contribution is 0.0194. The van der Waals surface area contributed by atoms with Gasteiger partial charge in [-0.15, -0.1) is 0 Å². The molecule has 5 heteroatoms. The normalized spacial score (nSPS) is 28.1. The van der Waals surface area contributed by atoms with Crippen molar-refractivity contribution in [1.29, 1.82) is 0 Å². The van der Waals surface area contributed by atoms with E-state index >= 15 is 0 Å². The number of aliphatic hydroxyl groups is 1. The molecule has 2 saturated heterocycles. The maximum absolute atomic E-state index is 10.4. The molecule has 1 N–H and O–H groups in total. The van der Waals surface area contributed by atoms with E-state index in [2.05, 4.69) is 28.5 Å². The maximum atomic E-state index is 10.4. The number of likely N-dealkylation sites (tertiary alicyclic amines) is 1. The Balaban J connectivity index is 1.66. The molecule has 2 aliphatic heterocycles. The number of hydrogen-bond donors (Lipinski definition) is 1. The molecule has 0 aliphatic carbocycles. The summed E-state index contributed by atoms with van der Waals surface area (Å²) < 4.78 is 5.18. The number of hydrogen-bond acceptors (Lipinski definition) is 5. The van der Waals surface area contributed by atoms with E-state index in [0.717, 1.165) is 64.9 Å². The average Bonchev–Trinajstić information content (AvgIpc) is 2.49. The predicted molar refractivity (Wildman–Crippen MR) is 90.2 cm³/mol. The first kappa shape index (κ1) is 18.1. The molecule has 0 unspecified atom stereocenters. The summed E-state index contributed by atoms with van der Waals surface area (Å²) >= 11 is 0. The van der Waals surface area contributed by atoms with Crippen LogP contribution in [-0.2, 0) is 4.74 Å². The summed E-state index contributed by atoms with van der Waals surface area (Å²) in [5.74, 6) is 0.856. The van der Waals surface area contributed by atoms with Crippen LogP contribution in [0.3, 0.4) is 0 Å². The summed E-state index contributed by atoms with van der Waals surface area (Å²) in [5, 5.41) is 10.4. The molecule has 130 valence electrons. The number of nitrogens with zero attached hydrogens (tertiary/aromatic N) is 3. The van der Waals surface area contributed by atoms with Crippen LogP contribution in [0.4, 0.5) is 0 Å². The third-order valence-electron chi connectivity index (χ3n) is 5.25. The van der Waals surface area contributed by atoms with Crippen LogP contribution in [0.2, 0.25) is 0 Å². The van der Waals surface area contributed by atoms with Crippen molar-refractivity contribution in [2.24, 2.45) is 5.92 Å². The lowest BCUT2D eigenvalue weighted by atomic mass is 9.99. The van der Waals surface area contributed by atoms with Crippen LogP contribution >= 0.6 is 0 Å². The van der Waals surface area contributed by atoms with Crippen molar-refractivity contribution >= 4 is 0 Å². The van der Waals surface area contributed by atoms with E-state index in [1.54, 1.807) is 7.11 Å². The van der Waals surface area contributed by atoms with Crippen LogP contribution < -0.4 is 0 Å². The van der Waals surface area contributed by atoms with Crippen molar-refractivity contribution in [2.45, 2.75) is 38.8 Å². The van der Waals surface area contributed by atoms with E-state index in [0.29, 0.717) is 6.04 Å². The fourth-order valence-electron chi connectivity index (χ4n) is 3.68. The first-order valence-corrected chi connectivity index (χ1v) is 8.94. The predicted octanol–water partition coefficient (Wildman–Crippen LogP) is 0.732. The molecule has 2 atom stereocenters. The lowest BCUT2D eigenvalue weighted by Crippen LogP contribution is -2.54. The van der Waals surface area contributed by atoms with E-state index < -0.39 is 0 Å². The Kier molecular flexibility index (Phi) is 7.57. The maximum Gasteiger partial charge on any atom is 0.0793 e. The van der Waals surface area contributed by atoms with E-state index in [9.17, 15) is 5.11 Å². The molecule has 0 aromatic rings. The van der Waals surface area contributed by atoms with Gasteiger partial charge in [-0.1, -0.05) is 6.92 Å². The number of rotatable bonds is 7. The first-order chi connectivity index (χ1) is 10.6. The van der Waals surface area contributed by atoms with E-state index in [4.69, 9.17) is 4.74 Å². The Bertz CT molecular complexity index is 308. The second-order valence-corrected chi connectivity index (χ2v) is 7.27. The number of aliphatic hydroxyl groups excluding tert-OH is 1. The number of piperidine rings is 1. The highest BCUT2D eigenvalue weighted by Crippen LogP contribution is 2.16. The van der Waals surface area contributed by atoms with Crippen molar-refractivity contribution < 1.29 is 9.84 Å². The van der Waals surface area contributed by atoms with Gasteiger partial charge in [-0.3, -0.25) is 9.80 Å². The molecule has 0 spiro atoms. The molecule has 0 aromatic heterocycles. The van der Waals surface area contributed by atoms with Crippen molar-refractivity contribution in [2.75, 3.05) is 66.1 Å². The second kappa shape index (κ2) is 9.18. The highest BCUT2D eigenvalue weighted by Gasteiger charge is 2.25. The van der Waals surface area contributed by atoms with Gasteiger partial charge in [0.1, 0.15) is 0 Å². The first-order valence-electron chi connectivity index (χ1n) is 8.94. The summed E-state index contributed by atoms with van der Waals surface area (Å²) in [6, 6.07) is 0.548. The molecule has 0 bridgehead atoms. The fraction of sp³-hybridized carbons (Fsp3) is 1.00. The topological polar surface area (TPSA) is 39.2 Å². The highest BCUT2D eigenvalue weighted by molar-refractivity contribution is 4.81. The van der Waals surface area contributed by atoms with Gasteiger partial charge in [-0.25, -0.2) is 0 Å². The molecule has 0 saturated carbocycles. The van der Waals surface area contributed by atoms with Gasteiger partial charge in [0.2, 0.25) is 0 Å². The Hall–Kier alpha value is -0.200. The van der Waals surface area contributed by atoms with Crippen LogP contribution in [0, 0.1) is 5.92 Å². The summed E-state index contributed by atoms with van der Waals surface area (Å²) in [7, 11) is 1.76. The van der Waals surface area contributed by atoms with Crippen LogP contribution in [0.15, 0.2) is 0 Å². The van der Waals surface area contributed by atoms with Gasteiger partial charge in [0.15, 0.2) is 0 Å². The van der Waals surface area contributed by atoms with E-state index in [-0.39, 0.29) is 6.10 Å². The summed E-state index contributed by atoms with van der Waals surface area (Å²) in [6.45, 7) is 13.6. The quantitative estimate of drug-likeness (QED) is 0.750. The zero-order valence-corrected chi connectivity index (χ0v) is 14.7. The minimum Gasteiger partial charge on any atom is -0.390 e. The Morgan fingerprint density at radius 2 is 1.73 bits per heavy atom. The summed E-state index contributed by atoms with van der Waals surface area (Å²) in [6.07, 6.45) is 2.34. The Morgan fingerprint density at radius 1 is 1.05 bits per heavy atom. The van der Waals surface area contributed by atoms with Gasteiger partial charge in [-0.2, -0.15) is 0 Å². The molecule has 0 radical (unpaired) electrons. The van der Waals surface area contributed by atoms with Gasteiger partial charge in [-0.05, 0) is 38.8 Å². The highest BCUT2D eigenvalue weighted by atomic mass is 16.5. The fourth-order valence-corrected chi connectivity index (χ4v) is 3.68. The molecule has 5 nitrogen and oxygen atoms in total. The van der Waals surface area contributed by atoms with Crippen LogP contribution in [-0.4, -0.2) is 98.0 Å². The molecule has 2 heterocycles. The minimum absolute atomic E-state index is 0.217. The summed E-state index contributed by atoms with van der Waals surface area (Å²) in [4.78, 5) is 7.34. The smallest absolute Gasteiger partial charge is 0.0793 e. The van der Waals surface area contributed by atoms with Crippen molar-refractivity contribution in [1.82, 2.24) is 14.7 Å². The van der Waals surface area contributed by atoms with Crippen LogP contribution in [0.5, 0.6) is 0 Å². The van der Waals surface area contributed by atoms with Crippen molar-refractivity contribution in [3.8, 4) is 0 Å². The average molecular weight is 313 g/mol. The molecule has 2 fully saturated rings. The molecular weight excluding hydrogens is 278 g/mol. The van der Waals surface area contributed by atoms with E-state index in [1.807, 2.05) is 0 Å². The van der Waals surface area contributed by atoms with Crippen molar-refractivity contribution in [3.05, 3.63) is 0 Å². The van der Waals surface area contributed by atoms with Gasteiger partial charge in [0.25, 0.3) is 0 Å². The molecule has 2 aliphatic rings. The standard InChI is InChI=1S/C17H35N3O2/c1-15-4-6-18(7-5-15)13-17(21)14-19-8-9-20(10-11-22-3)16(2)12-19/h15-17,21H,4-14H2,1-3H3/t16-,17+/m1/s1. The number of methoxy groups -OCH3 is 1. The minimum atomic E-state index is -0.217. The molecular formula is C17H35N3O2. The SMILES string of the molecule is COCCN1CCN(C[C@@H](O)CN2CCC(C)CC2)C[C@H]1C. The molecule has 22 heavy (non-hydrogen) atoms. The third kappa shape index (κ3) is 5.78. The van der Waals surface area contributed by atoms with Gasteiger partial charge >= 0.3 is 0 Å². The lowest BCUT2D eigenvalue weighted by Gasteiger charge is -2.41.